The summed E-state index contributed by atoms with van der Waals surface area (Å²) >= 11 is 0. The summed E-state index contributed by atoms with van der Waals surface area (Å²) in [7, 11) is -9.92. The first-order chi connectivity index (χ1) is 47.6. The summed E-state index contributed by atoms with van der Waals surface area (Å²) in [6.45, 7) is 14.2. The van der Waals surface area contributed by atoms with E-state index in [-0.39, 0.29) is 25.7 Å². The van der Waals surface area contributed by atoms with Crippen LogP contribution in [-0.2, 0) is 65.4 Å². The van der Waals surface area contributed by atoms with Gasteiger partial charge < -0.3 is 33.8 Å². The van der Waals surface area contributed by atoms with Gasteiger partial charge in [0.05, 0.1) is 26.4 Å². The van der Waals surface area contributed by atoms with E-state index in [1.807, 2.05) is 0 Å². The average molecular weight is 1450 g/mol. The Hall–Kier alpha value is -1.94. The topological polar surface area (TPSA) is 237 Å². The number of hydrogen-bond donors (Lipinski definition) is 3. The van der Waals surface area contributed by atoms with E-state index in [9.17, 15) is 43.2 Å². The molecule has 0 saturated heterocycles. The number of aliphatic hydroxyl groups is 1. The summed E-state index contributed by atoms with van der Waals surface area (Å²) in [6.07, 6.45) is 55.5. The Labute approximate surface area is 607 Å². The van der Waals surface area contributed by atoms with Crippen molar-refractivity contribution in [3.63, 3.8) is 0 Å². The van der Waals surface area contributed by atoms with E-state index >= 15 is 0 Å². The van der Waals surface area contributed by atoms with Crippen molar-refractivity contribution < 1.29 is 80.2 Å². The highest BCUT2D eigenvalue weighted by Crippen LogP contribution is 2.45. The van der Waals surface area contributed by atoms with Crippen molar-refractivity contribution in [1.82, 2.24) is 0 Å². The van der Waals surface area contributed by atoms with E-state index in [1.165, 1.54) is 205 Å². The second kappa shape index (κ2) is 69.1. The fourth-order valence-electron chi connectivity index (χ4n) is 12.2. The molecule has 19 heteroatoms. The highest BCUT2D eigenvalue weighted by atomic mass is 31.2. The van der Waals surface area contributed by atoms with E-state index in [2.05, 4.69) is 55.4 Å². The van der Waals surface area contributed by atoms with Crippen molar-refractivity contribution in [1.29, 1.82) is 0 Å². The molecule has 0 amide bonds. The van der Waals surface area contributed by atoms with Gasteiger partial charge in [-0.1, -0.05) is 357 Å². The highest BCUT2D eigenvalue weighted by Gasteiger charge is 2.30. The number of unbranched alkanes of at least 4 members (excludes halogenated alkanes) is 42. The molecule has 0 aromatic rings. The number of phosphoric acid groups is 2. The van der Waals surface area contributed by atoms with Crippen molar-refractivity contribution >= 4 is 39.5 Å². The normalized spacial score (nSPS) is 14.3. The molecule has 3 N–H and O–H groups in total. The van der Waals surface area contributed by atoms with Gasteiger partial charge in [0, 0.05) is 25.7 Å². The van der Waals surface area contributed by atoms with Crippen LogP contribution in [0, 0.1) is 23.7 Å². The predicted molar refractivity (Wildman–Crippen MR) is 404 cm³/mol. The molecule has 6 atom stereocenters. The van der Waals surface area contributed by atoms with Crippen molar-refractivity contribution in [2.75, 3.05) is 39.6 Å². The van der Waals surface area contributed by atoms with Crippen LogP contribution in [0.25, 0.3) is 0 Å². The Balaban J connectivity index is 5.25. The van der Waals surface area contributed by atoms with Crippen LogP contribution in [0.2, 0.25) is 0 Å². The molecule has 0 aromatic heterocycles. The Bertz CT molecular complexity index is 1940. The van der Waals surface area contributed by atoms with E-state index < -0.39 is 97.5 Å². The van der Waals surface area contributed by atoms with Gasteiger partial charge in [0.1, 0.15) is 19.3 Å². The van der Waals surface area contributed by atoms with Gasteiger partial charge in [-0.3, -0.25) is 37.3 Å². The number of hydrogen-bond acceptors (Lipinski definition) is 15. The summed E-state index contributed by atoms with van der Waals surface area (Å²) in [5.41, 5.74) is 0. The van der Waals surface area contributed by atoms with Gasteiger partial charge >= 0.3 is 39.5 Å². The first kappa shape index (κ1) is 97.1. The molecule has 3 unspecified atom stereocenters. The lowest BCUT2D eigenvalue weighted by Gasteiger charge is -2.21. The SMILES string of the molecule is CCC(C)CCCCCCCCC(=O)OC[C@H](COP(=O)(O)OC[C@H](O)COP(=O)(O)OC[C@@H](COC(=O)CCCCCCCCCCCCCCCCC(C)C)OC(=O)CCCCCCCCCCCCCCCCCC(C)C)OC(=O)CCCCCCCCCCCCCC(C)C. The molecule has 0 rings (SSSR count). The first-order valence-electron chi connectivity index (χ1n) is 41.2. The van der Waals surface area contributed by atoms with Crippen molar-refractivity contribution in [3.05, 3.63) is 0 Å². The van der Waals surface area contributed by atoms with Gasteiger partial charge in [-0.05, 0) is 49.4 Å². The number of carbonyl (C=O) groups excluding carboxylic acids is 4. The van der Waals surface area contributed by atoms with Crippen LogP contribution >= 0.6 is 15.6 Å². The molecule has 0 aliphatic heterocycles. The van der Waals surface area contributed by atoms with Crippen LogP contribution in [-0.4, -0.2) is 96.7 Å². The zero-order valence-corrected chi connectivity index (χ0v) is 66.9. The number of aliphatic hydroxyl groups excluding tert-OH is 1. The molecule has 0 aromatic carbocycles. The van der Waals surface area contributed by atoms with Crippen LogP contribution in [0.4, 0.5) is 0 Å². The lowest BCUT2D eigenvalue weighted by atomic mass is 10.00. The van der Waals surface area contributed by atoms with Gasteiger partial charge in [0.25, 0.3) is 0 Å². The lowest BCUT2D eigenvalue weighted by molar-refractivity contribution is -0.161. The maximum Gasteiger partial charge on any atom is 0.472 e. The monoisotopic (exact) mass is 1450 g/mol. The highest BCUT2D eigenvalue weighted by molar-refractivity contribution is 7.47. The third-order valence-corrected chi connectivity index (χ3v) is 20.8. The summed E-state index contributed by atoms with van der Waals surface area (Å²) in [4.78, 5) is 73.0. The zero-order chi connectivity index (χ0) is 73.1. The lowest BCUT2D eigenvalue weighted by Crippen LogP contribution is -2.30. The largest absolute Gasteiger partial charge is 0.472 e. The average Bonchev–Trinajstić information content (AvgIpc) is 1.03. The molecule has 0 radical (unpaired) electrons. The number of phosphoric ester groups is 2. The third-order valence-electron chi connectivity index (χ3n) is 18.9. The second-order valence-electron chi connectivity index (χ2n) is 30.5. The van der Waals surface area contributed by atoms with E-state index in [0.29, 0.717) is 25.7 Å². The molecule has 99 heavy (non-hydrogen) atoms. The van der Waals surface area contributed by atoms with E-state index in [1.54, 1.807) is 0 Å². The van der Waals surface area contributed by atoms with Crippen molar-refractivity contribution in [3.8, 4) is 0 Å². The fourth-order valence-corrected chi connectivity index (χ4v) is 13.8. The molecular weight excluding hydrogens is 1290 g/mol. The van der Waals surface area contributed by atoms with Gasteiger partial charge in [0.15, 0.2) is 12.2 Å². The standard InChI is InChI=1S/C80H156O17P2/c1-9-73(8)59-51-43-38-39-45-53-61-78(83)91-67-76(97-80(85)63-55-47-37-31-25-19-22-28-34-42-50-58-72(6)7)69-95-99(88,89)93-65-74(81)64-92-98(86,87)94-68-75(66-90-77(82)60-52-44-35-29-23-17-14-13-16-21-27-33-41-49-57-71(4)5)96-79(84)62-54-46-36-30-24-18-12-10-11-15-20-26-32-40-48-56-70(2)3/h70-76,81H,9-69H2,1-8H3,(H,86,87)(H,88,89)/t73?,74-,75-,76-/m1/s1. The van der Waals surface area contributed by atoms with Crippen LogP contribution in [0.1, 0.15) is 409 Å². The van der Waals surface area contributed by atoms with E-state index in [4.69, 9.17) is 37.0 Å². The quantitative estimate of drug-likeness (QED) is 0.0222. The fraction of sp³-hybridized carbons (Fsp3) is 0.950. The van der Waals surface area contributed by atoms with E-state index in [0.717, 1.165) is 120 Å². The van der Waals surface area contributed by atoms with Gasteiger partial charge in [-0.25, -0.2) is 9.13 Å². The van der Waals surface area contributed by atoms with Gasteiger partial charge in [-0.2, -0.15) is 0 Å². The number of ether oxygens (including phenoxy) is 4. The molecule has 17 nitrogen and oxygen atoms in total. The Morgan fingerprint density at radius 1 is 0.283 bits per heavy atom. The minimum atomic E-state index is -4.96. The molecule has 0 aliphatic carbocycles. The minimum absolute atomic E-state index is 0.105. The van der Waals surface area contributed by atoms with Crippen molar-refractivity contribution in [2.45, 2.75) is 427 Å². The summed E-state index contributed by atoms with van der Waals surface area (Å²) in [6, 6.07) is 0. The second-order valence-corrected chi connectivity index (χ2v) is 33.4. The molecule has 0 fully saturated rings. The number of esters is 4. The predicted octanol–water partition coefficient (Wildman–Crippen LogP) is 23.6. The minimum Gasteiger partial charge on any atom is -0.462 e. The first-order valence-corrected chi connectivity index (χ1v) is 44.2. The van der Waals surface area contributed by atoms with Crippen molar-refractivity contribution in [2.24, 2.45) is 23.7 Å². The number of rotatable bonds is 77. The summed E-state index contributed by atoms with van der Waals surface area (Å²) in [5, 5.41) is 10.6. The Morgan fingerprint density at radius 3 is 0.717 bits per heavy atom. The molecule has 588 valence electrons. The van der Waals surface area contributed by atoms with Gasteiger partial charge in [-0.15, -0.1) is 0 Å². The van der Waals surface area contributed by atoms with Gasteiger partial charge in [0.2, 0.25) is 0 Å². The van der Waals surface area contributed by atoms with Crippen LogP contribution in [0.5, 0.6) is 0 Å². The molecule has 0 aliphatic rings. The maximum absolute atomic E-state index is 13.1. The molecule has 0 bridgehead atoms. The molecule has 0 spiro atoms. The summed E-state index contributed by atoms with van der Waals surface area (Å²) in [5.74, 6) is 0.982. The Kier molecular flexibility index (Phi) is 67.8. The van der Waals surface area contributed by atoms with Crippen LogP contribution in [0.3, 0.4) is 0 Å². The maximum atomic E-state index is 13.1. The molecular formula is C80H156O17P2. The molecule has 0 saturated carbocycles. The van der Waals surface area contributed by atoms with Crippen LogP contribution in [0.15, 0.2) is 0 Å². The van der Waals surface area contributed by atoms with Crippen LogP contribution < -0.4 is 0 Å². The number of carbonyl (C=O) groups is 4. The smallest absolute Gasteiger partial charge is 0.462 e. The Morgan fingerprint density at radius 2 is 0.485 bits per heavy atom. The zero-order valence-electron chi connectivity index (χ0n) is 65.1. The third kappa shape index (κ3) is 72.8. The molecule has 0 heterocycles. The summed E-state index contributed by atoms with van der Waals surface area (Å²) < 4.78 is 68.7.